The standard InChI is InChI=1S/C6H11ClO/c1-4-6(2,3)5(7)8/h4H2,1-3H3/i1D,4D. The Balaban J connectivity index is 4.23. The molecule has 1 unspecified atom stereocenters. The molecule has 0 aromatic heterocycles. The lowest BCUT2D eigenvalue weighted by atomic mass is 9.92. The molecule has 0 radical (unpaired) electrons. The van der Waals surface area contributed by atoms with Gasteiger partial charge in [0.15, 0.2) is 0 Å². The topological polar surface area (TPSA) is 17.1 Å². The maximum absolute atomic E-state index is 10.6. The molecule has 0 aliphatic heterocycles. The summed E-state index contributed by atoms with van der Waals surface area (Å²) in [7, 11) is 0. The van der Waals surface area contributed by atoms with E-state index < -0.39 is 17.1 Å². The maximum atomic E-state index is 10.6. The van der Waals surface area contributed by atoms with Gasteiger partial charge in [0.25, 0.3) is 0 Å². The molecule has 0 aromatic rings. The summed E-state index contributed by atoms with van der Waals surface area (Å²) in [6.45, 7) is 3.06. The van der Waals surface area contributed by atoms with E-state index in [0.29, 0.717) is 0 Å². The highest BCUT2D eigenvalue weighted by atomic mass is 35.5. The van der Waals surface area contributed by atoms with Gasteiger partial charge in [0.2, 0.25) is 5.24 Å². The molecule has 1 nitrogen and oxygen atoms in total. The van der Waals surface area contributed by atoms with Gasteiger partial charge >= 0.3 is 0 Å². The highest BCUT2D eigenvalue weighted by Gasteiger charge is 2.22. The van der Waals surface area contributed by atoms with Crippen LogP contribution in [-0.2, 0) is 4.79 Å². The van der Waals surface area contributed by atoms with Crippen molar-refractivity contribution in [1.82, 2.24) is 0 Å². The van der Waals surface area contributed by atoms with Gasteiger partial charge in [-0.1, -0.05) is 20.7 Å². The van der Waals surface area contributed by atoms with E-state index in [-0.39, 0.29) is 6.90 Å². The van der Waals surface area contributed by atoms with Gasteiger partial charge in [0.1, 0.15) is 0 Å². The second kappa shape index (κ2) is 2.49. The molecule has 0 fully saturated rings. The van der Waals surface area contributed by atoms with Crippen LogP contribution in [0.15, 0.2) is 0 Å². The van der Waals surface area contributed by atoms with Crippen molar-refractivity contribution in [2.75, 3.05) is 0 Å². The Morgan fingerprint density at radius 2 is 2.50 bits per heavy atom. The van der Waals surface area contributed by atoms with Gasteiger partial charge in [-0.15, -0.1) is 0 Å². The van der Waals surface area contributed by atoms with Crippen LogP contribution in [0.4, 0.5) is 0 Å². The van der Waals surface area contributed by atoms with Crippen LogP contribution < -0.4 is 0 Å². The van der Waals surface area contributed by atoms with Crippen molar-refractivity contribution in [2.24, 2.45) is 5.41 Å². The molecular formula is C6H11ClO. The minimum atomic E-state index is -0.886. The number of halogens is 1. The molecule has 0 aliphatic carbocycles. The first kappa shape index (κ1) is 4.80. The van der Waals surface area contributed by atoms with E-state index in [0.717, 1.165) is 0 Å². The molecule has 0 spiro atoms. The Kier molecular flexibility index (Phi) is 1.50. The first-order valence-electron chi connectivity index (χ1n) is 3.62. The van der Waals surface area contributed by atoms with Crippen LogP contribution in [0.1, 0.15) is 29.9 Å². The van der Waals surface area contributed by atoms with Crippen LogP contribution in [0, 0.1) is 5.41 Å². The van der Waals surface area contributed by atoms with Crippen molar-refractivity contribution < 1.29 is 7.54 Å². The lowest BCUT2D eigenvalue weighted by molar-refractivity contribution is -0.119. The molecule has 0 rings (SSSR count). The van der Waals surface area contributed by atoms with E-state index in [2.05, 4.69) is 0 Å². The Bertz CT molecular complexity index is 136. The quantitative estimate of drug-likeness (QED) is 0.532. The lowest BCUT2D eigenvalue weighted by Crippen LogP contribution is -2.17. The fourth-order valence-corrected chi connectivity index (χ4v) is 0.157. The number of carbonyl (C=O) groups is 1. The summed E-state index contributed by atoms with van der Waals surface area (Å²) in [5, 5.41) is -0.542. The molecule has 48 valence electrons. The summed E-state index contributed by atoms with van der Waals surface area (Å²) in [5.41, 5.74) is -0.886. The van der Waals surface area contributed by atoms with E-state index in [1.54, 1.807) is 13.8 Å². The van der Waals surface area contributed by atoms with Gasteiger partial charge in [0.05, 0.1) is 0 Å². The third kappa shape index (κ3) is 1.83. The van der Waals surface area contributed by atoms with Gasteiger partial charge in [0, 0.05) is 8.16 Å². The third-order valence-corrected chi connectivity index (χ3v) is 1.50. The Labute approximate surface area is 57.8 Å². The van der Waals surface area contributed by atoms with Gasteiger partial charge in [-0.2, -0.15) is 0 Å². The molecule has 0 amide bonds. The molecule has 0 heterocycles. The summed E-state index contributed by atoms with van der Waals surface area (Å²) in [4.78, 5) is 10.6. The molecule has 8 heavy (non-hydrogen) atoms. The SMILES string of the molecule is [2H]CC([2H])C(C)(C)C(=O)Cl. The van der Waals surface area contributed by atoms with Crippen LogP contribution in [-0.4, -0.2) is 5.24 Å². The normalized spacial score (nSPS) is 18.9. The zero-order valence-electron chi connectivity index (χ0n) is 7.07. The Hall–Kier alpha value is -0.0400. The van der Waals surface area contributed by atoms with Crippen molar-refractivity contribution in [2.45, 2.75) is 27.1 Å². The largest absolute Gasteiger partial charge is 0.281 e. The summed E-state index contributed by atoms with van der Waals surface area (Å²) in [6, 6.07) is 0. The number of hydrogen-bond donors (Lipinski definition) is 0. The van der Waals surface area contributed by atoms with Gasteiger partial charge in [-0.3, -0.25) is 4.79 Å². The van der Waals surface area contributed by atoms with Crippen molar-refractivity contribution >= 4 is 16.8 Å². The number of rotatable bonds is 2. The molecule has 1 atom stereocenters. The van der Waals surface area contributed by atoms with Gasteiger partial charge < -0.3 is 0 Å². The second-order valence-electron chi connectivity index (χ2n) is 2.20. The fourth-order valence-electron chi connectivity index (χ4n) is 0.0802. The molecular weight excluding hydrogens is 124 g/mol. The van der Waals surface area contributed by atoms with Crippen LogP contribution in [0.2, 0.25) is 0 Å². The minimum Gasteiger partial charge on any atom is -0.281 e. The van der Waals surface area contributed by atoms with Crippen molar-refractivity contribution in [1.29, 1.82) is 0 Å². The first-order chi connectivity index (χ1) is 4.42. The van der Waals surface area contributed by atoms with E-state index in [1.165, 1.54) is 0 Å². The summed E-state index contributed by atoms with van der Waals surface area (Å²) >= 11 is 5.20. The Morgan fingerprint density at radius 3 is 2.62 bits per heavy atom. The van der Waals surface area contributed by atoms with E-state index in [9.17, 15) is 4.79 Å². The summed E-state index contributed by atoms with van der Waals surface area (Å²) in [5.74, 6) is 0. The lowest BCUT2D eigenvalue weighted by Gasteiger charge is -2.14. The summed E-state index contributed by atoms with van der Waals surface area (Å²) < 4.78 is 14.1. The van der Waals surface area contributed by atoms with Gasteiger partial charge in [-0.25, -0.2) is 0 Å². The number of carbonyl (C=O) groups excluding carboxylic acids is 1. The zero-order chi connectivity index (χ0) is 8.36. The Morgan fingerprint density at radius 1 is 2.00 bits per heavy atom. The highest BCUT2D eigenvalue weighted by molar-refractivity contribution is 6.64. The average molecular weight is 137 g/mol. The van der Waals surface area contributed by atoms with Crippen molar-refractivity contribution in [3.63, 3.8) is 0 Å². The third-order valence-electron chi connectivity index (χ3n) is 1.02. The van der Waals surface area contributed by atoms with Crippen molar-refractivity contribution in [3.05, 3.63) is 0 Å². The van der Waals surface area contributed by atoms with Crippen molar-refractivity contribution in [3.8, 4) is 0 Å². The molecule has 0 bridgehead atoms. The van der Waals surface area contributed by atoms with Gasteiger partial charge in [-0.05, 0) is 18.0 Å². The smallest absolute Gasteiger partial charge is 0.227 e. The van der Waals surface area contributed by atoms with Crippen LogP contribution in [0.5, 0.6) is 0 Å². The van der Waals surface area contributed by atoms with E-state index >= 15 is 0 Å². The molecule has 0 saturated heterocycles. The monoisotopic (exact) mass is 136 g/mol. The van der Waals surface area contributed by atoms with Crippen LogP contribution >= 0.6 is 11.6 Å². The van der Waals surface area contributed by atoms with Crippen LogP contribution in [0.25, 0.3) is 0 Å². The fraction of sp³-hybridized carbons (Fsp3) is 0.833. The maximum Gasteiger partial charge on any atom is 0.227 e. The zero-order valence-corrected chi connectivity index (χ0v) is 5.83. The molecule has 0 aliphatic rings. The molecule has 0 saturated carbocycles. The highest BCUT2D eigenvalue weighted by Crippen LogP contribution is 2.22. The molecule has 0 aromatic carbocycles. The minimum absolute atomic E-state index is 0.0918. The van der Waals surface area contributed by atoms with E-state index in [4.69, 9.17) is 14.3 Å². The molecule has 0 N–H and O–H groups in total. The van der Waals surface area contributed by atoms with E-state index in [1.807, 2.05) is 0 Å². The predicted octanol–water partition coefficient (Wildman–Crippen LogP) is 2.19. The predicted molar refractivity (Wildman–Crippen MR) is 34.9 cm³/mol. The first-order valence-corrected chi connectivity index (χ1v) is 2.72. The average Bonchev–Trinajstić information content (AvgIpc) is 1.86. The summed E-state index contributed by atoms with van der Waals surface area (Å²) in [6.07, 6.45) is -0.725. The molecule has 2 heteroatoms. The second-order valence-corrected chi connectivity index (χ2v) is 2.54. The number of hydrogen-bond acceptors (Lipinski definition) is 1. The van der Waals surface area contributed by atoms with Crippen LogP contribution in [0.3, 0.4) is 0 Å².